The predicted octanol–water partition coefficient (Wildman–Crippen LogP) is 2.51. The summed E-state index contributed by atoms with van der Waals surface area (Å²) in [6.07, 6.45) is 4.17. The van der Waals surface area contributed by atoms with E-state index in [9.17, 15) is 4.79 Å². The molecule has 1 aliphatic heterocycles. The second-order valence-electron chi connectivity index (χ2n) is 5.52. The van der Waals surface area contributed by atoms with Crippen molar-refractivity contribution in [2.45, 2.75) is 38.9 Å². The van der Waals surface area contributed by atoms with Crippen molar-refractivity contribution < 1.29 is 4.79 Å². The van der Waals surface area contributed by atoms with Crippen LogP contribution in [0.4, 0.5) is 0 Å². The molecule has 116 valence electrons. The molecule has 1 unspecified atom stereocenters. The van der Waals surface area contributed by atoms with Gasteiger partial charge in [0.2, 0.25) is 5.91 Å². The Balaban J connectivity index is 1.71. The second-order valence-corrected chi connectivity index (χ2v) is 6.50. The van der Waals surface area contributed by atoms with Crippen LogP contribution in [-0.2, 0) is 17.9 Å². The van der Waals surface area contributed by atoms with Crippen LogP contribution in [-0.4, -0.2) is 27.3 Å². The number of pyridine rings is 1. The number of aromatic nitrogens is 2. The highest BCUT2D eigenvalue weighted by molar-refractivity contribution is 7.09. The maximum absolute atomic E-state index is 11.0. The molecule has 1 atom stereocenters. The zero-order chi connectivity index (χ0) is 15.4. The molecule has 3 heterocycles. The number of thiazole rings is 1. The number of nitrogens with zero attached hydrogens (tertiary/aromatic N) is 3. The summed E-state index contributed by atoms with van der Waals surface area (Å²) in [5, 5.41) is 5.98. The molecule has 0 radical (unpaired) electrons. The predicted molar refractivity (Wildman–Crippen MR) is 86.3 cm³/mol. The van der Waals surface area contributed by atoms with Gasteiger partial charge in [-0.25, -0.2) is 4.98 Å². The first-order valence-electron chi connectivity index (χ1n) is 7.55. The summed E-state index contributed by atoms with van der Waals surface area (Å²) in [4.78, 5) is 22.6. The first-order valence-corrected chi connectivity index (χ1v) is 8.43. The van der Waals surface area contributed by atoms with Crippen LogP contribution in [0.5, 0.6) is 0 Å². The summed E-state index contributed by atoms with van der Waals surface area (Å²) in [6.45, 7) is 3.99. The van der Waals surface area contributed by atoms with E-state index in [1.165, 1.54) is 13.3 Å². The van der Waals surface area contributed by atoms with E-state index in [0.717, 1.165) is 35.9 Å². The molecule has 6 heteroatoms. The van der Waals surface area contributed by atoms with Gasteiger partial charge in [-0.1, -0.05) is 6.07 Å². The molecule has 2 aromatic heterocycles. The van der Waals surface area contributed by atoms with Gasteiger partial charge in [-0.05, 0) is 31.5 Å². The van der Waals surface area contributed by atoms with Crippen molar-refractivity contribution in [3.05, 3.63) is 46.2 Å². The van der Waals surface area contributed by atoms with Gasteiger partial charge in [-0.15, -0.1) is 11.3 Å². The fraction of sp³-hybridized carbons (Fsp3) is 0.438. The number of rotatable bonds is 5. The van der Waals surface area contributed by atoms with Gasteiger partial charge in [0.25, 0.3) is 0 Å². The van der Waals surface area contributed by atoms with Crippen molar-refractivity contribution >= 4 is 17.2 Å². The number of carbonyl (C=O) groups is 1. The number of likely N-dealkylation sites (tertiary alicyclic amines) is 1. The van der Waals surface area contributed by atoms with Gasteiger partial charge in [0.05, 0.1) is 30.5 Å². The average Bonchev–Trinajstić information content (AvgIpc) is 3.18. The van der Waals surface area contributed by atoms with Crippen LogP contribution >= 0.6 is 11.3 Å². The molecule has 0 saturated carbocycles. The molecule has 0 aliphatic carbocycles. The van der Waals surface area contributed by atoms with Crippen LogP contribution in [0.2, 0.25) is 0 Å². The monoisotopic (exact) mass is 316 g/mol. The van der Waals surface area contributed by atoms with Crippen molar-refractivity contribution in [2.24, 2.45) is 0 Å². The molecule has 1 saturated heterocycles. The lowest BCUT2D eigenvalue weighted by Gasteiger charge is -2.23. The zero-order valence-corrected chi connectivity index (χ0v) is 13.5. The van der Waals surface area contributed by atoms with Crippen LogP contribution in [0, 0.1) is 0 Å². The molecular formula is C16H20N4OS. The van der Waals surface area contributed by atoms with Gasteiger partial charge in [-0.2, -0.15) is 0 Å². The van der Waals surface area contributed by atoms with E-state index in [0.29, 0.717) is 12.6 Å². The van der Waals surface area contributed by atoms with Crippen molar-refractivity contribution in [2.75, 3.05) is 6.54 Å². The third kappa shape index (κ3) is 3.69. The summed E-state index contributed by atoms with van der Waals surface area (Å²) < 4.78 is 0. The van der Waals surface area contributed by atoms with Crippen LogP contribution < -0.4 is 5.32 Å². The Hall–Kier alpha value is -1.79. The SMILES string of the molecule is CC(=O)NCc1cccc(C2CCCN2Cc2nccs2)n1. The maximum atomic E-state index is 11.0. The molecule has 3 rings (SSSR count). The van der Waals surface area contributed by atoms with E-state index in [1.807, 2.05) is 23.7 Å². The van der Waals surface area contributed by atoms with Crippen molar-refractivity contribution in [3.63, 3.8) is 0 Å². The topological polar surface area (TPSA) is 58.1 Å². The number of amides is 1. The van der Waals surface area contributed by atoms with Gasteiger partial charge >= 0.3 is 0 Å². The van der Waals surface area contributed by atoms with Crippen molar-refractivity contribution in [1.29, 1.82) is 0 Å². The molecular weight excluding hydrogens is 296 g/mol. The highest BCUT2D eigenvalue weighted by atomic mass is 32.1. The van der Waals surface area contributed by atoms with E-state index < -0.39 is 0 Å². The van der Waals surface area contributed by atoms with Crippen LogP contribution in [0.1, 0.15) is 42.2 Å². The summed E-state index contributed by atoms with van der Waals surface area (Å²) in [7, 11) is 0. The standard InChI is InChI=1S/C16H20N4OS/c1-12(21)18-10-13-4-2-5-14(19-13)15-6-3-8-20(15)11-16-17-7-9-22-16/h2,4-5,7,9,15H,3,6,8,10-11H2,1H3,(H,18,21). The minimum atomic E-state index is -0.0292. The van der Waals surface area contributed by atoms with Gasteiger partial charge in [0, 0.05) is 18.5 Å². The number of nitrogens with one attached hydrogen (secondary N) is 1. The fourth-order valence-electron chi connectivity index (χ4n) is 2.85. The highest BCUT2D eigenvalue weighted by Gasteiger charge is 2.27. The van der Waals surface area contributed by atoms with Gasteiger partial charge in [-0.3, -0.25) is 14.7 Å². The molecule has 1 fully saturated rings. The Labute approximate surface area is 134 Å². The van der Waals surface area contributed by atoms with Crippen molar-refractivity contribution in [1.82, 2.24) is 20.2 Å². The Morgan fingerprint density at radius 1 is 1.50 bits per heavy atom. The van der Waals surface area contributed by atoms with E-state index in [-0.39, 0.29) is 5.91 Å². The van der Waals surface area contributed by atoms with Gasteiger partial charge in [0.15, 0.2) is 0 Å². The number of carbonyl (C=O) groups excluding carboxylic acids is 1. The third-order valence-electron chi connectivity index (χ3n) is 3.87. The van der Waals surface area contributed by atoms with Crippen molar-refractivity contribution in [3.8, 4) is 0 Å². The molecule has 2 aromatic rings. The van der Waals surface area contributed by atoms with Crippen LogP contribution in [0.3, 0.4) is 0 Å². The quantitative estimate of drug-likeness (QED) is 0.921. The second kappa shape index (κ2) is 6.98. The molecule has 1 N–H and O–H groups in total. The normalized spacial score (nSPS) is 18.5. The molecule has 1 aliphatic rings. The van der Waals surface area contributed by atoms with Gasteiger partial charge in [0.1, 0.15) is 5.01 Å². The average molecular weight is 316 g/mol. The number of hydrogen-bond acceptors (Lipinski definition) is 5. The Kier molecular flexibility index (Phi) is 4.80. The Bertz CT molecular complexity index is 629. The Morgan fingerprint density at radius 3 is 3.18 bits per heavy atom. The lowest BCUT2D eigenvalue weighted by molar-refractivity contribution is -0.119. The fourth-order valence-corrected chi connectivity index (χ4v) is 3.49. The maximum Gasteiger partial charge on any atom is 0.217 e. The lowest BCUT2D eigenvalue weighted by Crippen LogP contribution is -2.24. The highest BCUT2D eigenvalue weighted by Crippen LogP contribution is 2.32. The number of hydrogen-bond donors (Lipinski definition) is 1. The first kappa shape index (κ1) is 15.1. The molecule has 22 heavy (non-hydrogen) atoms. The Morgan fingerprint density at radius 2 is 2.41 bits per heavy atom. The largest absolute Gasteiger partial charge is 0.351 e. The van der Waals surface area contributed by atoms with Crippen LogP contribution in [0.25, 0.3) is 0 Å². The smallest absolute Gasteiger partial charge is 0.217 e. The van der Waals surface area contributed by atoms with E-state index in [1.54, 1.807) is 11.3 Å². The van der Waals surface area contributed by atoms with E-state index in [2.05, 4.69) is 21.3 Å². The summed E-state index contributed by atoms with van der Waals surface area (Å²) >= 11 is 1.70. The van der Waals surface area contributed by atoms with E-state index >= 15 is 0 Å². The minimum absolute atomic E-state index is 0.0292. The molecule has 0 bridgehead atoms. The molecule has 0 aromatic carbocycles. The van der Waals surface area contributed by atoms with Crippen LogP contribution in [0.15, 0.2) is 29.8 Å². The third-order valence-corrected chi connectivity index (χ3v) is 4.64. The zero-order valence-electron chi connectivity index (χ0n) is 12.7. The molecule has 1 amide bonds. The van der Waals surface area contributed by atoms with E-state index in [4.69, 9.17) is 4.98 Å². The summed E-state index contributed by atoms with van der Waals surface area (Å²) in [5.41, 5.74) is 2.01. The first-order chi connectivity index (χ1) is 10.7. The molecule has 0 spiro atoms. The summed E-state index contributed by atoms with van der Waals surface area (Å²) in [5.74, 6) is -0.0292. The molecule has 5 nitrogen and oxygen atoms in total. The minimum Gasteiger partial charge on any atom is -0.351 e. The lowest BCUT2D eigenvalue weighted by atomic mass is 10.1. The summed E-state index contributed by atoms with van der Waals surface area (Å²) in [6, 6.07) is 6.42. The van der Waals surface area contributed by atoms with Gasteiger partial charge < -0.3 is 5.32 Å².